The van der Waals surface area contributed by atoms with Crippen molar-refractivity contribution in [2.24, 2.45) is 0 Å². The lowest BCUT2D eigenvalue weighted by molar-refractivity contribution is -0.0413. The maximum absolute atomic E-state index is 13.2. The number of hydrogen-bond donors (Lipinski definition) is 1. The number of ether oxygens (including phenoxy) is 1. The molecule has 48 heavy (non-hydrogen) atoms. The molecular formula is C36H51N5O5Si2. The highest BCUT2D eigenvalue weighted by Crippen LogP contribution is 2.42. The second-order valence-electron chi connectivity index (χ2n) is 15.9. The minimum absolute atomic E-state index is 0.00149. The lowest BCUT2D eigenvalue weighted by atomic mass is 10.0. The van der Waals surface area contributed by atoms with E-state index in [2.05, 4.69) is 107 Å². The molecule has 4 aromatic rings. The summed E-state index contributed by atoms with van der Waals surface area (Å²) in [6, 6.07) is 18.3. The van der Waals surface area contributed by atoms with Gasteiger partial charge in [-0.25, -0.2) is 9.48 Å². The first-order valence-corrected chi connectivity index (χ1v) is 22.5. The van der Waals surface area contributed by atoms with Gasteiger partial charge in [0.15, 0.2) is 16.6 Å². The molecule has 0 saturated carbocycles. The van der Waals surface area contributed by atoms with Crippen molar-refractivity contribution in [1.82, 2.24) is 24.5 Å². The molecule has 0 bridgehead atoms. The molecule has 1 aliphatic rings. The van der Waals surface area contributed by atoms with E-state index in [1.807, 2.05) is 30.3 Å². The number of aromatic nitrogens is 5. The number of hydrogen-bond acceptors (Lipinski definition) is 7. The Morgan fingerprint density at radius 2 is 1.46 bits per heavy atom. The summed E-state index contributed by atoms with van der Waals surface area (Å²) in [5.41, 5.74) is 3.23. The lowest BCUT2D eigenvalue weighted by Gasteiger charge is -2.40. The number of aromatic amines is 1. The van der Waals surface area contributed by atoms with Gasteiger partial charge in [0.25, 0.3) is 5.56 Å². The molecule has 258 valence electrons. The Balaban J connectivity index is 1.36. The summed E-state index contributed by atoms with van der Waals surface area (Å²) in [6.45, 7) is 22.7. The van der Waals surface area contributed by atoms with E-state index in [9.17, 15) is 9.59 Å². The van der Waals surface area contributed by atoms with E-state index in [0.29, 0.717) is 24.3 Å². The third-order valence-electron chi connectivity index (χ3n) is 10.4. The van der Waals surface area contributed by atoms with Crippen LogP contribution in [-0.2, 0) is 20.1 Å². The lowest BCUT2D eigenvalue weighted by Crippen LogP contribution is -2.48. The topological polar surface area (TPSA) is 113 Å². The minimum atomic E-state index is -2.17. The molecule has 3 heterocycles. The zero-order valence-electron chi connectivity index (χ0n) is 30.0. The standard InChI is InChI=1S/C36H51N5O5Si2/c1-35(2,3)47(7,8)44-24-31-30(46-48(9,10)36(4,5)6)20-32(45-31)41-22-28(33(42)37-34(41)43)21-40-23-29(38-39-40)27-18-16-26(17-19-27)25-14-12-11-13-15-25/h11-19,22-23,30-32H,20-21,24H2,1-10H3,(H,37,42,43)/t30-,31+,32+/m0/s1. The Labute approximate surface area is 285 Å². The van der Waals surface area contributed by atoms with Crippen LogP contribution in [0.25, 0.3) is 22.4 Å². The third kappa shape index (κ3) is 7.89. The van der Waals surface area contributed by atoms with Gasteiger partial charge in [-0.1, -0.05) is 101 Å². The zero-order valence-corrected chi connectivity index (χ0v) is 32.0. The second kappa shape index (κ2) is 13.5. The summed E-state index contributed by atoms with van der Waals surface area (Å²) in [5, 5.41) is 8.67. The Kier molecular flexibility index (Phi) is 10.1. The average molecular weight is 690 g/mol. The Morgan fingerprint density at radius 1 is 0.854 bits per heavy atom. The number of benzene rings is 2. The molecule has 1 N–H and O–H groups in total. The summed E-state index contributed by atoms with van der Waals surface area (Å²) in [6.07, 6.45) is 2.62. The van der Waals surface area contributed by atoms with E-state index in [1.165, 1.54) is 4.57 Å². The number of H-pyrrole nitrogens is 1. The summed E-state index contributed by atoms with van der Waals surface area (Å²) >= 11 is 0. The molecule has 1 aliphatic heterocycles. The normalized spacial score (nSPS) is 19.2. The quantitative estimate of drug-likeness (QED) is 0.175. The maximum atomic E-state index is 13.2. The van der Waals surface area contributed by atoms with Crippen LogP contribution >= 0.6 is 0 Å². The molecule has 0 unspecified atom stereocenters. The van der Waals surface area contributed by atoms with Gasteiger partial charge in [0.2, 0.25) is 0 Å². The van der Waals surface area contributed by atoms with Crippen LogP contribution < -0.4 is 11.2 Å². The summed E-state index contributed by atoms with van der Waals surface area (Å²) < 4.78 is 23.1. The van der Waals surface area contributed by atoms with Crippen LogP contribution in [0.3, 0.4) is 0 Å². The van der Waals surface area contributed by atoms with E-state index in [1.54, 1.807) is 17.1 Å². The monoisotopic (exact) mass is 689 g/mol. The number of rotatable bonds is 10. The third-order valence-corrected chi connectivity index (χ3v) is 19.4. The van der Waals surface area contributed by atoms with Crippen LogP contribution in [0.4, 0.5) is 0 Å². The largest absolute Gasteiger partial charge is 0.414 e. The average Bonchev–Trinajstić information content (AvgIpc) is 3.63. The summed E-state index contributed by atoms with van der Waals surface area (Å²) in [5.74, 6) is 0. The Bertz CT molecular complexity index is 1820. The predicted molar refractivity (Wildman–Crippen MR) is 195 cm³/mol. The van der Waals surface area contributed by atoms with Gasteiger partial charge in [0.05, 0.1) is 31.0 Å². The van der Waals surface area contributed by atoms with Crippen molar-refractivity contribution in [3.8, 4) is 22.4 Å². The van der Waals surface area contributed by atoms with Crippen LogP contribution in [0.2, 0.25) is 36.3 Å². The van der Waals surface area contributed by atoms with E-state index in [0.717, 1.165) is 16.7 Å². The molecule has 3 atom stereocenters. The smallest absolute Gasteiger partial charge is 0.330 e. The summed E-state index contributed by atoms with van der Waals surface area (Å²) in [7, 11) is -4.24. The molecule has 1 saturated heterocycles. The molecule has 0 amide bonds. The van der Waals surface area contributed by atoms with Gasteiger partial charge in [-0.3, -0.25) is 14.3 Å². The van der Waals surface area contributed by atoms with Crippen molar-refractivity contribution in [1.29, 1.82) is 0 Å². The first-order valence-electron chi connectivity index (χ1n) is 16.7. The van der Waals surface area contributed by atoms with Gasteiger partial charge < -0.3 is 13.6 Å². The first-order chi connectivity index (χ1) is 22.3. The van der Waals surface area contributed by atoms with Gasteiger partial charge in [0.1, 0.15) is 18.0 Å². The zero-order chi connectivity index (χ0) is 35.1. The van der Waals surface area contributed by atoms with Crippen LogP contribution in [0.1, 0.15) is 59.8 Å². The molecule has 2 aromatic carbocycles. The van der Waals surface area contributed by atoms with Gasteiger partial charge in [-0.15, -0.1) is 5.10 Å². The SMILES string of the molecule is CC(C)(C)[Si](C)(C)OC[C@H]1O[C@@H](n2cc(Cn3cc(-c4ccc(-c5ccccc5)cc4)nn3)c(=O)[nH]c2=O)C[C@@H]1O[Si](C)(C)C(C)(C)C. The van der Waals surface area contributed by atoms with Gasteiger partial charge >= 0.3 is 5.69 Å². The van der Waals surface area contributed by atoms with Crippen molar-refractivity contribution in [2.45, 2.75) is 109 Å². The number of nitrogens with one attached hydrogen (secondary N) is 1. The van der Waals surface area contributed by atoms with Crippen molar-refractivity contribution in [3.05, 3.63) is 93.4 Å². The van der Waals surface area contributed by atoms with Gasteiger partial charge in [-0.05, 0) is 47.4 Å². The minimum Gasteiger partial charge on any atom is -0.414 e. The second-order valence-corrected chi connectivity index (χ2v) is 25.5. The van der Waals surface area contributed by atoms with E-state index in [4.69, 9.17) is 13.6 Å². The fourth-order valence-electron chi connectivity index (χ4n) is 5.21. The van der Waals surface area contributed by atoms with Gasteiger partial charge in [0, 0.05) is 18.2 Å². The molecule has 5 rings (SSSR count). The molecule has 1 fully saturated rings. The molecule has 2 aromatic heterocycles. The highest BCUT2D eigenvalue weighted by atomic mass is 28.4. The fraction of sp³-hybridized carbons (Fsp3) is 0.500. The van der Waals surface area contributed by atoms with Crippen molar-refractivity contribution >= 4 is 16.6 Å². The molecular weight excluding hydrogens is 639 g/mol. The van der Waals surface area contributed by atoms with E-state index in [-0.39, 0.29) is 28.8 Å². The highest BCUT2D eigenvalue weighted by Gasteiger charge is 2.46. The van der Waals surface area contributed by atoms with Crippen molar-refractivity contribution < 1.29 is 13.6 Å². The highest BCUT2D eigenvalue weighted by molar-refractivity contribution is 6.74. The maximum Gasteiger partial charge on any atom is 0.330 e. The Hall–Kier alpha value is -3.43. The molecule has 0 radical (unpaired) electrons. The number of nitrogens with zero attached hydrogens (tertiary/aromatic N) is 4. The van der Waals surface area contributed by atoms with Crippen LogP contribution in [0, 0.1) is 0 Å². The first kappa shape index (κ1) is 35.9. The molecule has 10 nitrogen and oxygen atoms in total. The molecule has 0 spiro atoms. The van der Waals surface area contributed by atoms with Crippen molar-refractivity contribution in [3.63, 3.8) is 0 Å². The summed E-state index contributed by atoms with van der Waals surface area (Å²) in [4.78, 5) is 28.7. The van der Waals surface area contributed by atoms with E-state index >= 15 is 0 Å². The van der Waals surface area contributed by atoms with Gasteiger partial charge in [-0.2, -0.15) is 0 Å². The fourth-order valence-corrected chi connectivity index (χ4v) is 7.58. The Morgan fingerprint density at radius 3 is 2.08 bits per heavy atom. The predicted octanol–water partition coefficient (Wildman–Crippen LogP) is 7.21. The van der Waals surface area contributed by atoms with Crippen LogP contribution in [0.15, 0.2) is 76.6 Å². The van der Waals surface area contributed by atoms with Crippen LogP contribution in [-0.4, -0.2) is 60.0 Å². The van der Waals surface area contributed by atoms with E-state index < -0.39 is 34.1 Å². The van der Waals surface area contributed by atoms with Crippen molar-refractivity contribution in [2.75, 3.05) is 6.61 Å². The van der Waals surface area contributed by atoms with Crippen LogP contribution in [0.5, 0.6) is 0 Å². The molecule has 0 aliphatic carbocycles. The molecule has 12 heteroatoms.